The Morgan fingerprint density at radius 2 is 1.43 bits per heavy atom. The van der Waals surface area contributed by atoms with Gasteiger partial charge in [-0.2, -0.15) is 0 Å². The predicted octanol–water partition coefficient (Wildman–Crippen LogP) is 5.14. The summed E-state index contributed by atoms with van der Waals surface area (Å²) in [5.41, 5.74) is 3.64. The Hall–Kier alpha value is -5.02. The number of pyridine rings is 1. The van der Waals surface area contributed by atoms with Gasteiger partial charge in [-0.15, -0.1) is 0 Å². The van der Waals surface area contributed by atoms with Gasteiger partial charge in [0.25, 0.3) is 11.7 Å². The highest BCUT2D eigenvalue weighted by atomic mass is 16.5. The standard InChI is InChI=1S/C33H32N2O7/c1-19(36)18-34-33(38)32(37)31-28(20-9-7-6-8-10-20)29(22-11-12-24(39-2)25(16-22)40-3)30-23-17-27(42-5)26(41-4)15-21(23)13-14-35(30)31/h6-17,19,36H,18H2,1-5H3,(H,34,38)/t19-/m0/s1. The van der Waals surface area contributed by atoms with E-state index in [-0.39, 0.29) is 12.2 Å². The number of rotatable bonds is 10. The third kappa shape index (κ3) is 4.99. The van der Waals surface area contributed by atoms with E-state index in [4.69, 9.17) is 18.9 Å². The molecule has 0 aliphatic carbocycles. The molecule has 2 N–H and O–H groups in total. The molecule has 5 rings (SSSR count). The second-order valence-electron chi connectivity index (χ2n) is 9.75. The van der Waals surface area contributed by atoms with Crippen LogP contribution in [0.1, 0.15) is 17.4 Å². The van der Waals surface area contributed by atoms with Crippen LogP contribution in [0.4, 0.5) is 0 Å². The van der Waals surface area contributed by atoms with Crippen molar-refractivity contribution in [3.8, 4) is 45.3 Å². The number of fused-ring (bicyclic) bond motifs is 3. The van der Waals surface area contributed by atoms with Crippen LogP contribution in [0.25, 0.3) is 38.5 Å². The first-order valence-electron chi connectivity index (χ1n) is 13.3. The molecule has 0 bridgehead atoms. The number of carbonyl (C=O) groups is 2. The monoisotopic (exact) mass is 568 g/mol. The lowest BCUT2D eigenvalue weighted by Gasteiger charge is -2.13. The van der Waals surface area contributed by atoms with E-state index >= 15 is 0 Å². The highest BCUT2D eigenvalue weighted by molar-refractivity contribution is 6.44. The molecule has 42 heavy (non-hydrogen) atoms. The molecule has 0 unspecified atom stereocenters. The van der Waals surface area contributed by atoms with Crippen molar-refractivity contribution in [2.24, 2.45) is 0 Å². The van der Waals surface area contributed by atoms with Crippen molar-refractivity contribution in [3.05, 3.63) is 78.6 Å². The van der Waals surface area contributed by atoms with E-state index in [2.05, 4.69) is 5.32 Å². The predicted molar refractivity (Wildman–Crippen MR) is 161 cm³/mol. The average molecular weight is 569 g/mol. The maximum atomic E-state index is 14.0. The number of aliphatic hydroxyl groups is 1. The van der Waals surface area contributed by atoms with Gasteiger partial charge in [-0.05, 0) is 53.8 Å². The van der Waals surface area contributed by atoms with Crippen LogP contribution in [-0.4, -0.2) is 62.3 Å². The Balaban J connectivity index is 1.96. The Morgan fingerprint density at radius 3 is 2.07 bits per heavy atom. The zero-order valence-corrected chi connectivity index (χ0v) is 24.1. The lowest BCUT2D eigenvalue weighted by atomic mass is 9.93. The number of benzene rings is 3. The van der Waals surface area contributed by atoms with Crippen molar-refractivity contribution < 1.29 is 33.6 Å². The summed E-state index contributed by atoms with van der Waals surface area (Å²) in [6, 6.07) is 20.6. The molecule has 9 heteroatoms. The molecule has 2 aromatic heterocycles. The molecule has 216 valence electrons. The summed E-state index contributed by atoms with van der Waals surface area (Å²) < 4.78 is 24.1. The fourth-order valence-electron chi connectivity index (χ4n) is 5.21. The molecule has 1 atom stereocenters. The molecular weight excluding hydrogens is 536 g/mol. The maximum absolute atomic E-state index is 14.0. The second kappa shape index (κ2) is 11.8. The average Bonchev–Trinajstić information content (AvgIpc) is 3.38. The molecule has 2 heterocycles. The van der Waals surface area contributed by atoms with Crippen LogP contribution in [0.15, 0.2) is 72.9 Å². The van der Waals surface area contributed by atoms with Gasteiger partial charge in [0.1, 0.15) is 5.69 Å². The minimum absolute atomic E-state index is 0.0585. The van der Waals surface area contributed by atoms with Crippen molar-refractivity contribution in [2.45, 2.75) is 13.0 Å². The van der Waals surface area contributed by atoms with Gasteiger partial charge in [-0.3, -0.25) is 9.59 Å². The third-order valence-corrected chi connectivity index (χ3v) is 7.13. The van der Waals surface area contributed by atoms with Crippen molar-refractivity contribution in [2.75, 3.05) is 35.0 Å². The third-order valence-electron chi connectivity index (χ3n) is 7.13. The normalized spacial score (nSPS) is 11.8. The van der Waals surface area contributed by atoms with Gasteiger partial charge >= 0.3 is 0 Å². The SMILES string of the molecule is COc1ccc(-c2c(-c3ccccc3)c(C(=O)C(=O)NC[C@H](C)O)n3ccc4cc(OC)c(OC)cc4c23)cc1OC. The Bertz CT molecular complexity index is 1790. The molecule has 1 amide bonds. The number of aromatic nitrogens is 1. The van der Waals surface area contributed by atoms with E-state index in [0.29, 0.717) is 39.6 Å². The summed E-state index contributed by atoms with van der Waals surface area (Å²) in [5, 5.41) is 13.9. The first-order chi connectivity index (χ1) is 20.3. The minimum Gasteiger partial charge on any atom is -0.493 e. The fourth-order valence-corrected chi connectivity index (χ4v) is 5.21. The van der Waals surface area contributed by atoms with Gasteiger partial charge in [0.05, 0.1) is 40.1 Å². The minimum atomic E-state index is -0.821. The fraction of sp³-hybridized carbons (Fsp3) is 0.212. The van der Waals surface area contributed by atoms with Crippen molar-refractivity contribution in [1.29, 1.82) is 0 Å². The number of amides is 1. The molecule has 0 saturated heterocycles. The molecule has 3 aromatic carbocycles. The summed E-state index contributed by atoms with van der Waals surface area (Å²) in [6.45, 7) is 1.48. The first kappa shape index (κ1) is 28.5. The van der Waals surface area contributed by atoms with Crippen LogP contribution in [0.2, 0.25) is 0 Å². The van der Waals surface area contributed by atoms with E-state index in [1.807, 2.05) is 60.7 Å². The number of ketones is 1. The number of nitrogens with zero attached hydrogens (tertiary/aromatic N) is 1. The van der Waals surface area contributed by atoms with E-state index in [0.717, 1.165) is 21.9 Å². The van der Waals surface area contributed by atoms with E-state index < -0.39 is 17.8 Å². The lowest BCUT2D eigenvalue weighted by Crippen LogP contribution is -2.36. The zero-order valence-electron chi connectivity index (χ0n) is 24.1. The zero-order chi connectivity index (χ0) is 30.0. The molecule has 5 aromatic rings. The van der Waals surface area contributed by atoms with Crippen LogP contribution < -0.4 is 24.3 Å². The number of carbonyl (C=O) groups excluding carboxylic acids is 2. The molecule has 0 fully saturated rings. The summed E-state index contributed by atoms with van der Waals surface area (Å²) in [7, 11) is 6.26. The largest absolute Gasteiger partial charge is 0.493 e. The summed E-state index contributed by atoms with van der Waals surface area (Å²) >= 11 is 0. The molecule has 0 aliphatic heterocycles. The van der Waals surface area contributed by atoms with Crippen LogP contribution in [0, 0.1) is 0 Å². The number of ether oxygens (including phenoxy) is 4. The summed E-state index contributed by atoms with van der Waals surface area (Å²) in [6.07, 6.45) is 0.961. The number of hydrogen-bond donors (Lipinski definition) is 2. The van der Waals surface area contributed by atoms with Crippen LogP contribution >= 0.6 is 0 Å². The van der Waals surface area contributed by atoms with Crippen LogP contribution in [0.5, 0.6) is 23.0 Å². The highest BCUT2D eigenvalue weighted by Gasteiger charge is 2.31. The van der Waals surface area contributed by atoms with Crippen LogP contribution in [0.3, 0.4) is 0 Å². The molecule has 0 radical (unpaired) electrons. The van der Waals surface area contributed by atoms with E-state index in [1.165, 1.54) is 6.92 Å². The smallest absolute Gasteiger partial charge is 0.294 e. The molecule has 0 aliphatic rings. The Kier molecular flexibility index (Phi) is 8.04. The Labute approximate surface area is 243 Å². The lowest BCUT2D eigenvalue weighted by molar-refractivity contribution is -0.117. The summed E-state index contributed by atoms with van der Waals surface area (Å²) in [5.74, 6) is 0.577. The molecule has 0 saturated carbocycles. The molecular formula is C33H32N2O7. The Morgan fingerprint density at radius 1 is 0.786 bits per heavy atom. The van der Waals surface area contributed by atoms with Crippen molar-refractivity contribution in [1.82, 2.24) is 9.72 Å². The maximum Gasteiger partial charge on any atom is 0.294 e. The van der Waals surface area contributed by atoms with Gasteiger partial charge < -0.3 is 33.8 Å². The number of nitrogens with one attached hydrogen (secondary N) is 1. The number of hydrogen-bond acceptors (Lipinski definition) is 7. The van der Waals surface area contributed by atoms with Gasteiger partial charge in [0.2, 0.25) is 0 Å². The molecule has 0 spiro atoms. The van der Waals surface area contributed by atoms with Crippen molar-refractivity contribution >= 4 is 28.0 Å². The first-order valence-corrected chi connectivity index (χ1v) is 13.3. The van der Waals surface area contributed by atoms with E-state index in [9.17, 15) is 14.7 Å². The van der Waals surface area contributed by atoms with Gasteiger partial charge in [0, 0.05) is 29.3 Å². The highest BCUT2D eigenvalue weighted by Crippen LogP contribution is 2.46. The van der Waals surface area contributed by atoms with Crippen molar-refractivity contribution in [3.63, 3.8) is 0 Å². The van der Waals surface area contributed by atoms with Gasteiger partial charge in [-0.25, -0.2) is 0 Å². The van der Waals surface area contributed by atoms with Gasteiger partial charge in [-0.1, -0.05) is 36.4 Å². The summed E-state index contributed by atoms with van der Waals surface area (Å²) in [4.78, 5) is 27.2. The quantitative estimate of drug-likeness (QED) is 0.177. The van der Waals surface area contributed by atoms with E-state index in [1.54, 1.807) is 45.1 Å². The van der Waals surface area contributed by atoms with Crippen LogP contribution in [-0.2, 0) is 4.79 Å². The molecule has 9 nitrogen and oxygen atoms in total. The number of Topliss-reactive ketones (excluding diaryl/α,β-unsaturated/α-hetero) is 1. The second-order valence-corrected chi connectivity index (χ2v) is 9.75. The number of aliphatic hydroxyl groups excluding tert-OH is 1. The number of methoxy groups -OCH3 is 4. The topological polar surface area (TPSA) is 108 Å². The van der Waals surface area contributed by atoms with Gasteiger partial charge in [0.15, 0.2) is 23.0 Å².